The number of hydrogen-bond acceptors (Lipinski definition) is 2. The first-order valence-electron chi connectivity index (χ1n) is 4.45. The number of rotatable bonds is 3. The first-order chi connectivity index (χ1) is 6.97. The number of benzene rings is 1. The second-order valence-electron chi connectivity index (χ2n) is 3.25. The molecule has 0 unspecified atom stereocenters. The molecule has 1 rings (SSSR count). The number of ketones is 1. The third kappa shape index (κ3) is 2.32. The van der Waals surface area contributed by atoms with E-state index >= 15 is 0 Å². The number of hydrogen-bond donors (Lipinski definition) is 0. The number of carbonyl (C=O) groups is 1. The van der Waals surface area contributed by atoms with Crippen molar-refractivity contribution in [3.05, 3.63) is 28.8 Å². The summed E-state index contributed by atoms with van der Waals surface area (Å²) in [6.45, 7) is 3.02. The van der Waals surface area contributed by atoms with Crippen molar-refractivity contribution in [1.82, 2.24) is 0 Å². The molecule has 0 radical (unpaired) electrons. The van der Waals surface area contributed by atoms with Crippen LogP contribution in [0.25, 0.3) is 0 Å². The quantitative estimate of drug-likeness (QED) is 0.722. The SMILES string of the molecule is COc1cc(C(F)F)cc(C(C)=O)c1C. The molecule has 1 aromatic rings. The normalized spacial score (nSPS) is 10.5. The minimum Gasteiger partial charge on any atom is -0.496 e. The van der Waals surface area contributed by atoms with Gasteiger partial charge in [-0.05, 0) is 26.0 Å². The first-order valence-corrected chi connectivity index (χ1v) is 4.45. The van der Waals surface area contributed by atoms with Crippen LogP contribution in [0, 0.1) is 6.92 Å². The standard InChI is InChI=1S/C11H12F2O2/c1-6-9(7(2)14)4-8(11(12)13)5-10(6)15-3/h4-5,11H,1-3H3. The molecule has 0 N–H and O–H groups in total. The lowest BCUT2D eigenvalue weighted by atomic mass is 10.0. The predicted octanol–water partition coefficient (Wildman–Crippen LogP) is 3.14. The number of ether oxygens (including phenoxy) is 1. The predicted molar refractivity (Wildman–Crippen MR) is 52.7 cm³/mol. The van der Waals surface area contributed by atoms with Crippen molar-refractivity contribution in [1.29, 1.82) is 0 Å². The van der Waals surface area contributed by atoms with E-state index in [1.165, 1.54) is 26.2 Å². The molecule has 0 bridgehead atoms. The fourth-order valence-corrected chi connectivity index (χ4v) is 1.41. The topological polar surface area (TPSA) is 26.3 Å². The molecule has 0 aromatic heterocycles. The van der Waals surface area contributed by atoms with Crippen LogP contribution < -0.4 is 4.74 Å². The molecule has 0 saturated carbocycles. The lowest BCUT2D eigenvalue weighted by Gasteiger charge is -2.11. The monoisotopic (exact) mass is 214 g/mol. The van der Waals surface area contributed by atoms with Gasteiger partial charge in [0.25, 0.3) is 6.43 Å². The molecule has 0 aliphatic carbocycles. The highest BCUT2D eigenvalue weighted by Crippen LogP contribution is 2.29. The lowest BCUT2D eigenvalue weighted by molar-refractivity contribution is 0.101. The van der Waals surface area contributed by atoms with Crippen molar-refractivity contribution in [2.24, 2.45) is 0 Å². The first kappa shape index (κ1) is 11.6. The van der Waals surface area contributed by atoms with E-state index in [-0.39, 0.29) is 16.9 Å². The molecule has 15 heavy (non-hydrogen) atoms. The molecule has 0 heterocycles. The highest BCUT2D eigenvalue weighted by molar-refractivity contribution is 5.96. The van der Waals surface area contributed by atoms with E-state index in [0.29, 0.717) is 11.3 Å². The van der Waals surface area contributed by atoms with Gasteiger partial charge in [0.05, 0.1) is 7.11 Å². The minimum absolute atomic E-state index is 0.192. The van der Waals surface area contributed by atoms with E-state index in [9.17, 15) is 13.6 Å². The Balaban J connectivity index is 3.38. The van der Waals surface area contributed by atoms with E-state index < -0.39 is 6.43 Å². The Morgan fingerprint density at radius 1 is 1.40 bits per heavy atom. The van der Waals surface area contributed by atoms with Gasteiger partial charge >= 0.3 is 0 Å². The average Bonchev–Trinajstić information content (AvgIpc) is 2.17. The fourth-order valence-electron chi connectivity index (χ4n) is 1.41. The highest BCUT2D eigenvalue weighted by Gasteiger charge is 2.15. The molecule has 0 aliphatic heterocycles. The minimum atomic E-state index is -2.60. The summed E-state index contributed by atoms with van der Waals surface area (Å²) in [6.07, 6.45) is -2.60. The molecule has 0 atom stereocenters. The van der Waals surface area contributed by atoms with Gasteiger partial charge in [-0.2, -0.15) is 0 Å². The van der Waals surface area contributed by atoms with E-state index in [0.717, 1.165) is 0 Å². The van der Waals surface area contributed by atoms with Crippen molar-refractivity contribution in [2.75, 3.05) is 7.11 Å². The van der Waals surface area contributed by atoms with Crippen molar-refractivity contribution < 1.29 is 18.3 Å². The second kappa shape index (κ2) is 4.38. The maximum atomic E-state index is 12.5. The van der Waals surface area contributed by atoms with Crippen LogP contribution in [0.1, 0.15) is 34.8 Å². The Kier molecular flexibility index (Phi) is 3.39. The number of Topliss-reactive ketones (excluding diaryl/α,β-unsaturated/α-hetero) is 1. The summed E-state index contributed by atoms with van der Waals surface area (Å²) in [7, 11) is 1.39. The van der Waals surface area contributed by atoms with E-state index in [4.69, 9.17) is 4.74 Å². The molecule has 1 aromatic carbocycles. The molecule has 4 heteroatoms. The molecule has 82 valence electrons. The Morgan fingerprint density at radius 3 is 2.40 bits per heavy atom. The Morgan fingerprint density at radius 2 is 2.00 bits per heavy atom. The van der Waals surface area contributed by atoms with Crippen LogP contribution >= 0.6 is 0 Å². The summed E-state index contributed by atoms with van der Waals surface area (Å²) in [5.41, 5.74) is 0.682. The van der Waals surface area contributed by atoms with Gasteiger partial charge in [-0.15, -0.1) is 0 Å². The second-order valence-corrected chi connectivity index (χ2v) is 3.25. The smallest absolute Gasteiger partial charge is 0.264 e. The number of alkyl halides is 2. The van der Waals surface area contributed by atoms with Crippen LogP contribution in [0.15, 0.2) is 12.1 Å². The van der Waals surface area contributed by atoms with Gasteiger partial charge < -0.3 is 4.74 Å². The zero-order chi connectivity index (χ0) is 11.6. The Bertz CT molecular complexity index is 386. The number of methoxy groups -OCH3 is 1. The summed E-state index contributed by atoms with van der Waals surface area (Å²) in [5.74, 6) is 0.0753. The van der Waals surface area contributed by atoms with Crippen LogP contribution in [0.5, 0.6) is 5.75 Å². The van der Waals surface area contributed by atoms with Crippen LogP contribution in [0.3, 0.4) is 0 Å². The molecule has 0 saturated heterocycles. The molecule has 0 amide bonds. The van der Waals surface area contributed by atoms with E-state index in [1.54, 1.807) is 6.92 Å². The largest absolute Gasteiger partial charge is 0.496 e. The zero-order valence-electron chi connectivity index (χ0n) is 8.80. The van der Waals surface area contributed by atoms with Crippen LogP contribution in [-0.4, -0.2) is 12.9 Å². The lowest BCUT2D eigenvalue weighted by Crippen LogP contribution is -2.01. The van der Waals surface area contributed by atoms with Crippen LogP contribution in [0.2, 0.25) is 0 Å². The number of carbonyl (C=O) groups excluding carboxylic acids is 1. The van der Waals surface area contributed by atoms with Gasteiger partial charge in [0.2, 0.25) is 0 Å². The molecular weight excluding hydrogens is 202 g/mol. The van der Waals surface area contributed by atoms with Crippen molar-refractivity contribution >= 4 is 5.78 Å². The fraction of sp³-hybridized carbons (Fsp3) is 0.364. The number of halogens is 2. The average molecular weight is 214 g/mol. The molecule has 0 aliphatic rings. The van der Waals surface area contributed by atoms with Gasteiger partial charge in [-0.1, -0.05) is 0 Å². The summed E-state index contributed by atoms with van der Waals surface area (Å²) in [6, 6.07) is 2.47. The van der Waals surface area contributed by atoms with E-state index in [1.807, 2.05) is 0 Å². The highest BCUT2D eigenvalue weighted by atomic mass is 19.3. The third-order valence-electron chi connectivity index (χ3n) is 2.23. The van der Waals surface area contributed by atoms with Crippen LogP contribution in [0.4, 0.5) is 8.78 Å². The van der Waals surface area contributed by atoms with Crippen LogP contribution in [-0.2, 0) is 0 Å². The summed E-state index contributed by atoms with van der Waals surface area (Å²) < 4.78 is 29.9. The summed E-state index contributed by atoms with van der Waals surface area (Å²) in [4.78, 5) is 11.2. The van der Waals surface area contributed by atoms with Gasteiger partial charge in [-0.25, -0.2) is 8.78 Å². The van der Waals surface area contributed by atoms with Gasteiger partial charge in [0.1, 0.15) is 5.75 Å². The van der Waals surface area contributed by atoms with E-state index in [2.05, 4.69) is 0 Å². The molecule has 2 nitrogen and oxygen atoms in total. The Labute approximate surface area is 86.9 Å². The van der Waals surface area contributed by atoms with Gasteiger partial charge in [-0.3, -0.25) is 4.79 Å². The zero-order valence-corrected chi connectivity index (χ0v) is 8.80. The molecule has 0 spiro atoms. The summed E-state index contributed by atoms with van der Waals surface area (Å²) in [5, 5.41) is 0. The van der Waals surface area contributed by atoms with Crippen molar-refractivity contribution in [2.45, 2.75) is 20.3 Å². The third-order valence-corrected chi connectivity index (χ3v) is 2.23. The maximum absolute atomic E-state index is 12.5. The maximum Gasteiger partial charge on any atom is 0.264 e. The molecule has 0 fully saturated rings. The van der Waals surface area contributed by atoms with Crippen molar-refractivity contribution in [3.63, 3.8) is 0 Å². The Hall–Kier alpha value is -1.45. The van der Waals surface area contributed by atoms with Gasteiger partial charge in [0.15, 0.2) is 5.78 Å². The van der Waals surface area contributed by atoms with Gasteiger partial charge in [0, 0.05) is 16.7 Å². The van der Waals surface area contributed by atoms with Crippen molar-refractivity contribution in [3.8, 4) is 5.75 Å². The summed E-state index contributed by atoms with van der Waals surface area (Å²) >= 11 is 0. The molecular formula is C11H12F2O2.